The van der Waals surface area contributed by atoms with Crippen LogP contribution in [-0.4, -0.2) is 31.0 Å². The van der Waals surface area contributed by atoms with Crippen LogP contribution in [0.25, 0.3) is 0 Å². The number of likely N-dealkylation sites (tertiary alicyclic amines) is 1. The molecule has 0 unspecified atom stereocenters. The van der Waals surface area contributed by atoms with Crippen LogP contribution in [0.15, 0.2) is 36.4 Å². The fourth-order valence-electron chi connectivity index (χ4n) is 3.17. The molecule has 1 heterocycles. The standard InChI is InChI=1S/C21H24ClNO3/c1-15-12-18(7-8-19(15)22)26-14-17-13-16(6-9-20(17)25-2)21(24)23-10-4-3-5-11-23/h6-9,12-13H,3-5,10-11,14H2,1-2H3. The van der Waals surface area contributed by atoms with Gasteiger partial charge in [0.05, 0.1) is 7.11 Å². The Balaban J connectivity index is 1.76. The van der Waals surface area contributed by atoms with E-state index in [-0.39, 0.29) is 5.91 Å². The lowest BCUT2D eigenvalue weighted by Gasteiger charge is -2.27. The van der Waals surface area contributed by atoms with Gasteiger partial charge in [0.25, 0.3) is 5.91 Å². The van der Waals surface area contributed by atoms with Crippen LogP contribution in [0, 0.1) is 6.92 Å². The predicted molar refractivity (Wildman–Crippen MR) is 103 cm³/mol. The first-order valence-electron chi connectivity index (χ1n) is 8.93. The molecule has 1 saturated heterocycles. The summed E-state index contributed by atoms with van der Waals surface area (Å²) >= 11 is 6.06. The van der Waals surface area contributed by atoms with Gasteiger partial charge in [-0.2, -0.15) is 0 Å². The third-order valence-corrected chi connectivity index (χ3v) is 5.12. The number of carbonyl (C=O) groups excluding carboxylic acids is 1. The Morgan fingerprint density at radius 1 is 1.12 bits per heavy atom. The Morgan fingerprint density at radius 3 is 2.58 bits per heavy atom. The second-order valence-corrected chi connectivity index (χ2v) is 6.99. The molecule has 0 N–H and O–H groups in total. The van der Waals surface area contributed by atoms with Crippen molar-refractivity contribution in [2.24, 2.45) is 0 Å². The molecule has 4 nitrogen and oxygen atoms in total. The molecule has 0 aromatic heterocycles. The van der Waals surface area contributed by atoms with Crippen molar-refractivity contribution in [1.82, 2.24) is 4.90 Å². The lowest BCUT2D eigenvalue weighted by Crippen LogP contribution is -2.35. The van der Waals surface area contributed by atoms with Gasteiger partial charge in [0.1, 0.15) is 18.1 Å². The average Bonchev–Trinajstić information content (AvgIpc) is 2.68. The summed E-state index contributed by atoms with van der Waals surface area (Å²) in [6.45, 7) is 3.93. The van der Waals surface area contributed by atoms with Crippen LogP contribution >= 0.6 is 11.6 Å². The number of carbonyl (C=O) groups is 1. The molecule has 26 heavy (non-hydrogen) atoms. The Hall–Kier alpha value is -2.20. The number of ether oxygens (including phenoxy) is 2. The monoisotopic (exact) mass is 373 g/mol. The van der Waals surface area contributed by atoms with Crippen LogP contribution in [0.1, 0.15) is 40.7 Å². The third-order valence-electron chi connectivity index (χ3n) is 4.69. The van der Waals surface area contributed by atoms with Gasteiger partial charge in [0.15, 0.2) is 0 Å². The molecule has 0 spiro atoms. The van der Waals surface area contributed by atoms with Crippen LogP contribution in [-0.2, 0) is 6.61 Å². The predicted octanol–water partition coefficient (Wildman–Crippen LogP) is 4.86. The molecular formula is C21H24ClNO3. The first kappa shape index (κ1) is 18.6. The van der Waals surface area contributed by atoms with Crippen molar-refractivity contribution in [3.05, 3.63) is 58.1 Å². The van der Waals surface area contributed by atoms with Crippen molar-refractivity contribution in [1.29, 1.82) is 0 Å². The van der Waals surface area contributed by atoms with E-state index in [4.69, 9.17) is 21.1 Å². The van der Waals surface area contributed by atoms with Crippen LogP contribution in [0.2, 0.25) is 5.02 Å². The molecule has 3 rings (SSSR count). The minimum absolute atomic E-state index is 0.0796. The molecule has 0 bridgehead atoms. The number of hydrogen-bond donors (Lipinski definition) is 0. The Labute approximate surface area is 159 Å². The van der Waals surface area contributed by atoms with Crippen molar-refractivity contribution in [3.63, 3.8) is 0 Å². The highest BCUT2D eigenvalue weighted by molar-refractivity contribution is 6.31. The van der Waals surface area contributed by atoms with E-state index in [0.717, 1.165) is 42.8 Å². The van der Waals surface area contributed by atoms with Gasteiger partial charge >= 0.3 is 0 Å². The minimum Gasteiger partial charge on any atom is -0.496 e. The third kappa shape index (κ3) is 4.31. The SMILES string of the molecule is COc1ccc(C(=O)N2CCCCC2)cc1COc1ccc(Cl)c(C)c1. The highest BCUT2D eigenvalue weighted by atomic mass is 35.5. The number of aryl methyl sites for hydroxylation is 1. The number of nitrogens with zero attached hydrogens (tertiary/aromatic N) is 1. The molecule has 2 aromatic rings. The van der Waals surface area contributed by atoms with Crippen LogP contribution in [0.3, 0.4) is 0 Å². The number of halogens is 1. The van der Waals surface area contributed by atoms with E-state index in [1.807, 2.05) is 48.2 Å². The molecule has 1 amide bonds. The highest BCUT2D eigenvalue weighted by Crippen LogP contribution is 2.26. The number of benzene rings is 2. The van der Waals surface area contributed by atoms with Gasteiger partial charge in [-0.25, -0.2) is 0 Å². The maximum atomic E-state index is 12.7. The summed E-state index contributed by atoms with van der Waals surface area (Å²) < 4.78 is 11.3. The van der Waals surface area contributed by atoms with E-state index in [1.54, 1.807) is 7.11 Å². The molecule has 0 atom stereocenters. The Kier molecular flexibility index (Phi) is 6.04. The second-order valence-electron chi connectivity index (χ2n) is 6.58. The van der Waals surface area contributed by atoms with Gasteiger partial charge in [-0.1, -0.05) is 11.6 Å². The maximum absolute atomic E-state index is 12.7. The molecule has 138 valence electrons. The number of amides is 1. The van der Waals surface area contributed by atoms with Crippen molar-refractivity contribution < 1.29 is 14.3 Å². The summed E-state index contributed by atoms with van der Waals surface area (Å²) in [4.78, 5) is 14.7. The highest BCUT2D eigenvalue weighted by Gasteiger charge is 2.19. The van der Waals surface area contributed by atoms with Gasteiger partial charge in [0, 0.05) is 29.2 Å². The fourth-order valence-corrected chi connectivity index (χ4v) is 3.29. The van der Waals surface area contributed by atoms with Gasteiger partial charge in [0.2, 0.25) is 0 Å². The van der Waals surface area contributed by atoms with Gasteiger partial charge in [-0.15, -0.1) is 0 Å². The molecule has 0 aliphatic carbocycles. The van der Waals surface area contributed by atoms with E-state index in [9.17, 15) is 4.79 Å². The van der Waals surface area contributed by atoms with E-state index in [0.29, 0.717) is 22.9 Å². The zero-order chi connectivity index (χ0) is 18.5. The van der Waals surface area contributed by atoms with E-state index in [1.165, 1.54) is 6.42 Å². The zero-order valence-electron chi connectivity index (χ0n) is 15.3. The first-order chi connectivity index (χ1) is 12.6. The zero-order valence-corrected chi connectivity index (χ0v) is 16.0. The fraction of sp³-hybridized carbons (Fsp3) is 0.381. The number of hydrogen-bond acceptors (Lipinski definition) is 3. The summed E-state index contributed by atoms with van der Waals surface area (Å²) in [5.74, 6) is 1.53. The largest absolute Gasteiger partial charge is 0.496 e. The number of piperidine rings is 1. The molecule has 0 saturated carbocycles. The van der Waals surface area contributed by atoms with Crippen molar-refractivity contribution in [2.45, 2.75) is 32.8 Å². The summed E-state index contributed by atoms with van der Waals surface area (Å²) in [5, 5.41) is 0.712. The first-order valence-corrected chi connectivity index (χ1v) is 9.31. The quantitative estimate of drug-likeness (QED) is 0.751. The molecule has 1 aliphatic heterocycles. The van der Waals surface area contributed by atoms with E-state index >= 15 is 0 Å². The summed E-state index contributed by atoms with van der Waals surface area (Å²) in [6.07, 6.45) is 3.35. The summed E-state index contributed by atoms with van der Waals surface area (Å²) in [6, 6.07) is 11.1. The van der Waals surface area contributed by atoms with E-state index in [2.05, 4.69) is 0 Å². The normalized spacial score (nSPS) is 14.2. The van der Waals surface area contributed by atoms with Gasteiger partial charge < -0.3 is 14.4 Å². The smallest absolute Gasteiger partial charge is 0.253 e. The Morgan fingerprint density at radius 2 is 1.88 bits per heavy atom. The van der Waals surface area contributed by atoms with Crippen LogP contribution < -0.4 is 9.47 Å². The Bertz CT molecular complexity index is 785. The minimum atomic E-state index is 0.0796. The topological polar surface area (TPSA) is 38.8 Å². The average molecular weight is 374 g/mol. The lowest BCUT2D eigenvalue weighted by atomic mass is 10.1. The van der Waals surface area contributed by atoms with Crippen LogP contribution in [0.5, 0.6) is 11.5 Å². The number of rotatable bonds is 5. The van der Waals surface area contributed by atoms with Crippen molar-refractivity contribution in [2.75, 3.05) is 20.2 Å². The van der Waals surface area contributed by atoms with Crippen molar-refractivity contribution in [3.8, 4) is 11.5 Å². The summed E-state index contributed by atoms with van der Waals surface area (Å²) in [5.41, 5.74) is 2.49. The van der Waals surface area contributed by atoms with Crippen molar-refractivity contribution >= 4 is 17.5 Å². The molecule has 1 fully saturated rings. The molecule has 5 heteroatoms. The van der Waals surface area contributed by atoms with Crippen LogP contribution in [0.4, 0.5) is 0 Å². The van der Waals surface area contributed by atoms with E-state index < -0.39 is 0 Å². The maximum Gasteiger partial charge on any atom is 0.253 e. The molecule has 0 radical (unpaired) electrons. The molecule has 1 aliphatic rings. The second kappa shape index (κ2) is 8.45. The molecular weight excluding hydrogens is 350 g/mol. The lowest BCUT2D eigenvalue weighted by molar-refractivity contribution is 0.0724. The molecule has 2 aromatic carbocycles. The van der Waals surface area contributed by atoms with Gasteiger partial charge in [-0.05, 0) is 68.1 Å². The summed E-state index contributed by atoms with van der Waals surface area (Å²) in [7, 11) is 1.62. The number of methoxy groups -OCH3 is 1. The van der Waals surface area contributed by atoms with Gasteiger partial charge in [-0.3, -0.25) is 4.79 Å².